The third-order valence-corrected chi connectivity index (χ3v) is 3.23. The summed E-state index contributed by atoms with van der Waals surface area (Å²) >= 11 is 1.56. The topological polar surface area (TPSA) is 69.3 Å². The van der Waals surface area contributed by atoms with Gasteiger partial charge >= 0.3 is 0 Å². The molecule has 0 bridgehead atoms. The molecule has 0 amide bonds. The summed E-state index contributed by atoms with van der Waals surface area (Å²) in [6, 6.07) is 3.71. The highest BCUT2D eigenvalue weighted by Gasteiger charge is 2.14. The molecule has 3 aromatic rings. The maximum absolute atomic E-state index is 5.58. The van der Waals surface area contributed by atoms with Crippen LogP contribution in [0.1, 0.15) is 5.69 Å². The Morgan fingerprint density at radius 1 is 1.44 bits per heavy atom. The second-order valence-electron chi connectivity index (χ2n) is 3.38. The molecule has 0 aliphatic heterocycles. The van der Waals surface area contributed by atoms with Crippen LogP contribution in [0.2, 0.25) is 0 Å². The van der Waals surface area contributed by atoms with Crippen molar-refractivity contribution in [2.45, 2.75) is 6.42 Å². The summed E-state index contributed by atoms with van der Waals surface area (Å²) in [5.41, 5.74) is 6.70. The molecule has 0 saturated carbocycles. The number of aromatic nitrogens is 3. The van der Waals surface area contributed by atoms with Crippen LogP contribution in [0.15, 0.2) is 28.2 Å². The number of rotatable bonds is 3. The van der Waals surface area contributed by atoms with Gasteiger partial charge < -0.3 is 10.2 Å². The van der Waals surface area contributed by atoms with Gasteiger partial charge in [-0.15, -0.1) is 21.5 Å². The summed E-state index contributed by atoms with van der Waals surface area (Å²) in [4.78, 5) is 0.870. The minimum atomic E-state index is 0.613. The number of nitrogens with zero attached hydrogens (tertiary/aromatic N) is 3. The molecule has 0 aromatic carbocycles. The molecule has 0 aliphatic carbocycles. The van der Waals surface area contributed by atoms with Gasteiger partial charge in [-0.05, 0) is 18.7 Å². The lowest BCUT2D eigenvalue weighted by atomic mass is 10.3. The zero-order chi connectivity index (χ0) is 11.0. The molecule has 6 heteroatoms. The van der Waals surface area contributed by atoms with Crippen LogP contribution in [-0.4, -0.2) is 21.1 Å². The van der Waals surface area contributed by atoms with Crippen molar-refractivity contribution in [1.82, 2.24) is 14.6 Å². The molecular formula is C10H10N4OS. The van der Waals surface area contributed by atoms with Crippen molar-refractivity contribution in [3.8, 4) is 11.6 Å². The summed E-state index contributed by atoms with van der Waals surface area (Å²) in [5, 5.41) is 10.3. The van der Waals surface area contributed by atoms with Gasteiger partial charge in [0.1, 0.15) is 0 Å². The molecular weight excluding hydrogens is 224 g/mol. The first kappa shape index (κ1) is 9.56. The van der Waals surface area contributed by atoms with Crippen molar-refractivity contribution in [2.24, 2.45) is 5.73 Å². The fraction of sp³-hybridized carbons (Fsp3) is 0.200. The third kappa shape index (κ3) is 1.35. The molecule has 82 valence electrons. The fourth-order valence-electron chi connectivity index (χ4n) is 1.66. The molecule has 5 nitrogen and oxygen atoms in total. The van der Waals surface area contributed by atoms with E-state index < -0.39 is 0 Å². The quantitative estimate of drug-likeness (QED) is 0.746. The van der Waals surface area contributed by atoms with E-state index in [2.05, 4.69) is 15.6 Å². The molecule has 0 aliphatic rings. The molecule has 0 unspecified atom stereocenters. The second kappa shape index (κ2) is 3.73. The van der Waals surface area contributed by atoms with Crippen LogP contribution in [-0.2, 0) is 6.42 Å². The second-order valence-corrected chi connectivity index (χ2v) is 4.22. The number of nitrogens with two attached hydrogens (primary N) is 1. The molecule has 0 radical (unpaired) electrons. The van der Waals surface area contributed by atoms with Crippen molar-refractivity contribution >= 4 is 16.3 Å². The van der Waals surface area contributed by atoms with Gasteiger partial charge in [0.05, 0.1) is 6.26 Å². The van der Waals surface area contributed by atoms with Crippen LogP contribution in [0.3, 0.4) is 0 Å². The molecule has 3 heterocycles. The molecule has 3 rings (SSSR count). The molecule has 2 N–H and O–H groups in total. The highest BCUT2D eigenvalue weighted by Crippen LogP contribution is 2.24. The molecule has 3 aromatic heterocycles. The summed E-state index contributed by atoms with van der Waals surface area (Å²) in [5.74, 6) is 1.47. The monoisotopic (exact) mass is 234 g/mol. The van der Waals surface area contributed by atoms with Gasteiger partial charge in [0.15, 0.2) is 5.76 Å². The maximum atomic E-state index is 5.58. The van der Waals surface area contributed by atoms with Crippen molar-refractivity contribution in [3.05, 3.63) is 29.5 Å². The number of fused-ring (bicyclic) bond motifs is 1. The van der Waals surface area contributed by atoms with Gasteiger partial charge in [-0.1, -0.05) is 0 Å². The molecule has 0 saturated heterocycles. The van der Waals surface area contributed by atoms with E-state index in [1.54, 1.807) is 17.6 Å². The Balaban J connectivity index is 2.21. The minimum absolute atomic E-state index is 0.613. The van der Waals surface area contributed by atoms with E-state index in [-0.39, 0.29) is 0 Å². The molecule has 16 heavy (non-hydrogen) atoms. The van der Waals surface area contributed by atoms with Gasteiger partial charge in [0, 0.05) is 17.5 Å². The Hall–Kier alpha value is -1.66. The van der Waals surface area contributed by atoms with E-state index in [1.165, 1.54) is 0 Å². The summed E-state index contributed by atoms with van der Waals surface area (Å²) in [6.07, 6.45) is 2.44. The van der Waals surface area contributed by atoms with Crippen LogP contribution in [0.4, 0.5) is 0 Å². The first-order valence-corrected chi connectivity index (χ1v) is 5.83. The van der Waals surface area contributed by atoms with E-state index >= 15 is 0 Å². The van der Waals surface area contributed by atoms with Gasteiger partial charge in [-0.2, -0.15) is 0 Å². The summed E-state index contributed by atoms with van der Waals surface area (Å²) in [7, 11) is 0. The Morgan fingerprint density at radius 3 is 3.12 bits per heavy atom. The van der Waals surface area contributed by atoms with Gasteiger partial charge in [0.2, 0.25) is 10.8 Å². The predicted octanol–water partition coefficient (Wildman–Crippen LogP) is 1.55. The first-order chi connectivity index (χ1) is 7.90. The normalized spacial score (nSPS) is 11.3. The molecule has 0 atom stereocenters. The van der Waals surface area contributed by atoms with E-state index in [0.717, 1.165) is 28.7 Å². The average Bonchev–Trinajstić information content (AvgIpc) is 2.94. The lowest BCUT2D eigenvalue weighted by Gasteiger charge is -1.98. The minimum Gasteiger partial charge on any atom is -0.461 e. The van der Waals surface area contributed by atoms with Crippen LogP contribution >= 0.6 is 11.3 Å². The van der Waals surface area contributed by atoms with Gasteiger partial charge in [-0.25, -0.2) is 0 Å². The third-order valence-electron chi connectivity index (χ3n) is 2.36. The smallest absolute Gasteiger partial charge is 0.216 e. The van der Waals surface area contributed by atoms with Crippen LogP contribution < -0.4 is 5.73 Å². The SMILES string of the molecule is NCCc1csc2nnc(-c3ccco3)n12. The van der Waals surface area contributed by atoms with E-state index in [4.69, 9.17) is 10.2 Å². The zero-order valence-corrected chi connectivity index (χ0v) is 9.28. The average molecular weight is 234 g/mol. The van der Waals surface area contributed by atoms with Crippen molar-refractivity contribution < 1.29 is 4.42 Å². The lowest BCUT2D eigenvalue weighted by Crippen LogP contribution is -2.05. The summed E-state index contributed by atoms with van der Waals surface area (Å²) < 4.78 is 7.33. The van der Waals surface area contributed by atoms with Crippen molar-refractivity contribution in [1.29, 1.82) is 0 Å². The Labute approximate surface area is 95.5 Å². The van der Waals surface area contributed by atoms with E-state index in [9.17, 15) is 0 Å². The Bertz CT molecular complexity index is 595. The van der Waals surface area contributed by atoms with Gasteiger partial charge in [-0.3, -0.25) is 4.40 Å². The first-order valence-electron chi connectivity index (χ1n) is 4.95. The summed E-state index contributed by atoms with van der Waals surface area (Å²) in [6.45, 7) is 0.613. The highest BCUT2D eigenvalue weighted by molar-refractivity contribution is 7.15. The molecule has 0 fully saturated rings. The van der Waals surface area contributed by atoms with Crippen molar-refractivity contribution in [2.75, 3.05) is 6.54 Å². The number of hydrogen-bond donors (Lipinski definition) is 1. The standard InChI is InChI=1S/C10H10N4OS/c11-4-3-7-6-16-10-13-12-9(14(7)10)8-2-1-5-15-8/h1-2,5-6H,3-4,11H2. The predicted molar refractivity (Wildman–Crippen MR) is 61.3 cm³/mol. The van der Waals surface area contributed by atoms with Crippen molar-refractivity contribution in [3.63, 3.8) is 0 Å². The van der Waals surface area contributed by atoms with Crippen LogP contribution in [0.25, 0.3) is 16.5 Å². The van der Waals surface area contributed by atoms with E-state index in [1.807, 2.05) is 16.5 Å². The Morgan fingerprint density at radius 2 is 2.38 bits per heavy atom. The maximum Gasteiger partial charge on any atom is 0.216 e. The Kier molecular flexibility index (Phi) is 2.23. The molecule has 0 spiro atoms. The van der Waals surface area contributed by atoms with Crippen LogP contribution in [0, 0.1) is 0 Å². The number of thiazole rings is 1. The van der Waals surface area contributed by atoms with Crippen LogP contribution in [0.5, 0.6) is 0 Å². The highest BCUT2D eigenvalue weighted by atomic mass is 32.1. The fourth-order valence-corrected chi connectivity index (χ4v) is 2.52. The number of furan rings is 1. The lowest BCUT2D eigenvalue weighted by molar-refractivity contribution is 0.576. The van der Waals surface area contributed by atoms with E-state index in [0.29, 0.717) is 6.54 Å². The zero-order valence-electron chi connectivity index (χ0n) is 8.46. The van der Waals surface area contributed by atoms with Gasteiger partial charge in [0.25, 0.3) is 0 Å². The largest absolute Gasteiger partial charge is 0.461 e. The number of hydrogen-bond acceptors (Lipinski definition) is 5.